The highest BCUT2D eigenvalue weighted by Crippen LogP contribution is 2.34. The lowest BCUT2D eigenvalue weighted by molar-refractivity contribution is -0.137. The van der Waals surface area contributed by atoms with Gasteiger partial charge >= 0.3 is 12.1 Å². The van der Waals surface area contributed by atoms with Crippen LogP contribution in [0.15, 0.2) is 78.9 Å². The van der Waals surface area contributed by atoms with Gasteiger partial charge < -0.3 is 10.1 Å². The number of amides is 1. The first-order valence-corrected chi connectivity index (χ1v) is 10.8. The Bertz CT molecular complexity index is 1410. The van der Waals surface area contributed by atoms with Gasteiger partial charge in [0.2, 0.25) is 6.10 Å². The number of pyridine rings is 1. The monoisotopic (exact) mass is 498 g/mol. The van der Waals surface area contributed by atoms with Gasteiger partial charge in [-0.15, -0.1) is 0 Å². The molecule has 0 fully saturated rings. The summed E-state index contributed by atoms with van der Waals surface area (Å²) in [6, 6.07) is 19.2. The predicted octanol–water partition coefficient (Wildman–Crippen LogP) is 6.75. The summed E-state index contributed by atoms with van der Waals surface area (Å²) >= 11 is 6.03. The molecule has 1 atom stereocenters. The number of ether oxygens (including phenoxy) is 1. The van der Waals surface area contributed by atoms with E-state index in [0.717, 1.165) is 18.2 Å². The molecule has 0 saturated heterocycles. The number of hydrogen-bond acceptors (Lipinski definition) is 4. The molecule has 0 aliphatic carbocycles. The third-order valence-corrected chi connectivity index (χ3v) is 5.51. The quantitative estimate of drug-likeness (QED) is 0.309. The molecule has 4 rings (SSSR count). The maximum Gasteiger partial charge on any atom is 0.416 e. The zero-order chi connectivity index (χ0) is 25.2. The molecule has 0 bridgehead atoms. The van der Waals surface area contributed by atoms with E-state index in [2.05, 4.69) is 10.3 Å². The molecule has 0 spiro atoms. The van der Waals surface area contributed by atoms with Gasteiger partial charge in [-0.05, 0) is 37.3 Å². The van der Waals surface area contributed by atoms with Crippen molar-refractivity contribution in [3.05, 3.63) is 106 Å². The fourth-order valence-electron chi connectivity index (χ4n) is 3.54. The molecule has 0 radical (unpaired) electrons. The standard InChI is InChI=1S/C26H18ClF3N2O3/c1-15-13-19(18-9-5-6-10-21(18)31-15)25(34)35-23(16-7-3-2-4-8-16)24(33)32-22-14-17(26(28,29)30)11-12-20(22)27/h2-14,23H,1H3,(H,32,33)/t23-/m1/s1. The van der Waals surface area contributed by atoms with Gasteiger partial charge in [0, 0.05) is 16.6 Å². The zero-order valence-corrected chi connectivity index (χ0v) is 19.0. The number of aryl methyl sites for hydroxylation is 1. The largest absolute Gasteiger partial charge is 0.444 e. The van der Waals surface area contributed by atoms with Gasteiger partial charge in [-0.25, -0.2) is 4.79 Å². The minimum Gasteiger partial charge on any atom is -0.444 e. The van der Waals surface area contributed by atoms with Crippen LogP contribution in [0.3, 0.4) is 0 Å². The summed E-state index contributed by atoms with van der Waals surface area (Å²) in [5.41, 5.74) is 0.455. The topological polar surface area (TPSA) is 68.3 Å². The summed E-state index contributed by atoms with van der Waals surface area (Å²) in [5, 5.41) is 2.81. The number of hydrogen-bond donors (Lipinski definition) is 1. The Hall–Kier alpha value is -3.91. The number of nitrogens with zero attached hydrogens (tertiary/aromatic N) is 1. The number of esters is 1. The minimum atomic E-state index is -4.63. The van der Waals surface area contributed by atoms with Crippen LogP contribution < -0.4 is 5.32 Å². The fourth-order valence-corrected chi connectivity index (χ4v) is 3.71. The SMILES string of the molecule is Cc1cc(C(=O)O[C@@H](C(=O)Nc2cc(C(F)(F)F)ccc2Cl)c2ccccc2)c2ccccc2n1. The summed E-state index contributed by atoms with van der Waals surface area (Å²) in [6.07, 6.45) is -6.09. The van der Waals surface area contributed by atoms with Crippen molar-refractivity contribution < 1.29 is 27.5 Å². The number of rotatable bonds is 5. The zero-order valence-electron chi connectivity index (χ0n) is 18.3. The van der Waals surface area contributed by atoms with Crippen LogP contribution in [0.25, 0.3) is 10.9 Å². The molecule has 4 aromatic rings. The first kappa shape index (κ1) is 24.2. The number of para-hydroxylation sites is 1. The molecule has 9 heteroatoms. The van der Waals surface area contributed by atoms with Crippen LogP contribution in [0.5, 0.6) is 0 Å². The van der Waals surface area contributed by atoms with Crippen LogP contribution in [0, 0.1) is 6.92 Å². The van der Waals surface area contributed by atoms with Crippen LogP contribution in [-0.2, 0) is 15.7 Å². The highest BCUT2D eigenvalue weighted by molar-refractivity contribution is 6.33. The van der Waals surface area contributed by atoms with Crippen molar-refractivity contribution in [3.8, 4) is 0 Å². The molecular formula is C26H18ClF3N2O3. The van der Waals surface area contributed by atoms with E-state index in [-0.39, 0.29) is 16.3 Å². The number of halogens is 4. The Morgan fingerprint density at radius 2 is 1.66 bits per heavy atom. The van der Waals surface area contributed by atoms with Gasteiger partial charge in [0.05, 0.1) is 27.4 Å². The molecule has 3 aromatic carbocycles. The molecule has 0 unspecified atom stereocenters. The number of carbonyl (C=O) groups is 2. The molecule has 1 amide bonds. The highest BCUT2D eigenvalue weighted by Gasteiger charge is 2.32. The molecule has 1 aromatic heterocycles. The average Bonchev–Trinajstić information content (AvgIpc) is 2.83. The van der Waals surface area contributed by atoms with E-state index in [1.54, 1.807) is 67.6 Å². The fraction of sp³-hybridized carbons (Fsp3) is 0.115. The molecule has 5 nitrogen and oxygen atoms in total. The van der Waals surface area contributed by atoms with Crippen LogP contribution in [0.1, 0.15) is 33.3 Å². The number of aromatic nitrogens is 1. The van der Waals surface area contributed by atoms with Gasteiger partial charge in [0.1, 0.15) is 0 Å². The first-order chi connectivity index (χ1) is 16.6. The third-order valence-electron chi connectivity index (χ3n) is 5.18. The highest BCUT2D eigenvalue weighted by atomic mass is 35.5. The third kappa shape index (κ3) is 5.44. The number of fused-ring (bicyclic) bond motifs is 1. The Kier molecular flexibility index (Phi) is 6.75. The van der Waals surface area contributed by atoms with Crippen molar-refractivity contribution in [1.82, 2.24) is 4.98 Å². The number of nitrogens with one attached hydrogen (secondary N) is 1. The molecule has 0 saturated carbocycles. The molecule has 35 heavy (non-hydrogen) atoms. The summed E-state index contributed by atoms with van der Waals surface area (Å²) in [4.78, 5) is 30.8. The summed E-state index contributed by atoms with van der Waals surface area (Å²) in [7, 11) is 0. The van der Waals surface area contributed by atoms with E-state index < -0.39 is 29.7 Å². The Balaban J connectivity index is 1.68. The number of benzene rings is 3. The van der Waals surface area contributed by atoms with Crippen molar-refractivity contribution in [1.29, 1.82) is 0 Å². The predicted molar refractivity (Wildman–Crippen MR) is 126 cm³/mol. The van der Waals surface area contributed by atoms with Gasteiger partial charge in [-0.3, -0.25) is 9.78 Å². The van der Waals surface area contributed by atoms with E-state index >= 15 is 0 Å². The molecule has 1 heterocycles. The molecule has 0 aliphatic rings. The maximum atomic E-state index is 13.2. The maximum absolute atomic E-state index is 13.2. The van der Waals surface area contributed by atoms with E-state index in [1.807, 2.05) is 0 Å². The van der Waals surface area contributed by atoms with E-state index in [9.17, 15) is 22.8 Å². The van der Waals surface area contributed by atoms with Crippen molar-refractivity contribution in [2.45, 2.75) is 19.2 Å². The van der Waals surface area contributed by atoms with Gasteiger partial charge in [0.15, 0.2) is 0 Å². The van der Waals surface area contributed by atoms with Crippen LogP contribution in [0.4, 0.5) is 18.9 Å². The summed E-state index contributed by atoms with van der Waals surface area (Å²) in [6.45, 7) is 1.72. The minimum absolute atomic E-state index is 0.0970. The van der Waals surface area contributed by atoms with Gasteiger partial charge in [-0.1, -0.05) is 60.1 Å². The van der Waals surface area contributed by atoms with Crippen LogP contribution in [-0.4, -0.2) is 16.9 Å². The summed E-state index contributed by atoms with van der Waals surface area (Å²) in [5.74, 6) is -1.65. The van der Waals surface area contributed by atoms with Gasteiger partial charge in [0.25, 0.3) is 5.91 Å². The second-order valence-corrected chi connectivity index (χ2v) is 8.11. The van der Waals surface area contributed by atoms with Gasteiger partial charge in [-0.2, -0.15) is 13.2 Å². The van der Waals surface area contributed by atoms with Crippen molar-refractivity contribution in [2.75, 3.05) is 5.32 Å². The second-order valence-electron chi connectivity index (χ2n) is 7.71. The lowest BCUT2D eigenvalue weighted by Crippen LogP contribution is -2.26. The number of anilines is 1. The first-order valence-electron chi connectivity index (χ1n) is 10.4. The molecule has 178 valence electrons. The van der Waals surface area contributed by atoms with Crippen LogP contribution >= 0.6 is 11.6 Å². The Labute approximate surface area is 203 Å². The second kappa shape index (κ2) is 9.76. The Morgan fingerprint density at radius 1 is 0.971 bits per heavy atom. The van der Waals surface area contributed by atoms with E-state index in [0.29, 0.717) is 22.2 Å². The smallest absolute Gasteiger partial charge is 0.416 e. The average molecular weight is 499 g/mol. The molecule has 1 N–H and O–H groups in total. The Morgan fingerprint density at radius 3 is 2.37 bits per heavy atom. The lowest BCUT2D eigenvalue weighted by Gasteiger charge is -2.19. The number of alkyl halides is 3. The van der Waals surface area contributed by atoms with Crippen molar-refractivity contribution >= 4 is 40.1 Å². The van der Waals surface area contributed by atoms with Crippen molar-refractivity contribution in [3.63, 3.8) is 0 Å². The van der Waals surface area contributed by atoms with E-state index in [1.165, 1.54) is 0 Å². The van der Waals surface area contributed by atoms with Crippen molar-refractivity contribution in [2.24, 2.45) is 0 Å². The summed E-state index contributed by atoms with van der Waals surface area (Å²) < 4.78 is 45.1. The molecular weight excluding hydrogens is 481 g/mol. The van der Waals surface area contributed by atoms with E-state index in [4.69, 9.17) is 16.3 Å². The number of carbonyl (C=O) groups excluding carboxylic acids is 2. The normalized spacial score (nSPS) is 12.3. The molecule has 0 aliphatic heterocycles. The van der Waals surface area contributed by atoms with Crippen LogP contribution in [0.2, 0.25) is 5.02 Å². The lowest BCUT2D eigenvalue weighted by atomic mass is 10.1.